The Morgan fingerprint density at radius 1 is 1.20 bits per heavy atom. The second-order valence-electron chi connectivity index (χ2n) is 7.14. The number of amides is 1. The first-order valence-corrected chi connectivity index (χ1v) is 9.43. The van der Waals surface area contributed by atoms with E-state index in [2.05, 4.69) is 41.4 Å². The highest BCUT2D eigenvalue weighted by atomic mass is 35.5. The van der Waals surface area contributed by atoms with Crippen LogP contribution in [0.2, 0.25) is 0 Å². The molecule has 2 rings (SSSR count). The van der Waals surface area contributed by atoms with Gasteiger partial charge in [-0.2, -0.15) is 0 Å². The topological polar surface area (TPSA) is 58.4 Å². The minimum absolute atomic E-state index is 0. The number of nitrogens with one attached hydrogen (secondary N) is 1. The van der Waals surface area contributed by atoms with Gasteiger partial charge in [0, 0.05) is 13.1 Å². The molecule has 25 heavy (non-hydrogen) atoms. The molecule has 4 nitrogen and oxygen atoms in total. The van der Waals surface area contributed by atoms with Gasteiger partial charge < -0.3 is 11.1 Å². The Morgan fingerprint density at radius 2 is 1.84 bits per heavy atom. The summed E-state index contributed by atoms with van der Waals surface area (Å²) in [6.07, 6.45) is 6.25. The van der Waals surface area contributed by atoms with E-state index < -0.39 is 6.04 Å². The van der Waals surface area contributed by atoms with Crippen LogP contribution in [0.25, 0.3) is 0 Å². The molecule has 2 unspecified atom stereocenters. The van der Waals surface area contributed by atoms with Crippen LogP contribution in [0, 0.1) is 5.92 Å². The smallest absolute Gasteiger partial charge is 0.237 e. The van der Waals surface area contributed by atoms with Crippen molar-refractivity contribution in [3.05, 3.63) is 35.4 Å². The van der Waals surface area contributed by atoms with Crippen LogP contribution < -0.4 is 11.1 Å². The maximum absolute atomic E-state index is 12.1. The van der Waals surface area contributed by atoms with Gasteiger partial charge >= 0.3 is 0 Å². The summed E-state index contributed by atoms with van der Waals surface area (Å²) < 4.78 is 0. The van der Waals surface area contributed by atoms with Crippen molar-refractivity contribution < 1.29 is 4.79 Å². The Kier molecular flexibility index (Phi) is 10.1. The van der Waals surface area contributed by atoms with Gasteiger partial charge in [-0.3, -0.25) is 9.69 Å². The van der Waals surface area contributed by atoms with Crippen LogP contribution in [0.5, 0.6) is 0 Å². The average Bonchev–Trinajstić information content (AvgIpc) is 2.87. The number of nitrogens with zero attached hydrogens (tertiary/aromatic N) is 1. The zero-order chi connectivity index (χ0) is 17.4. The van der Waals surface area contributed by atoms with Gasteiger partial charge in [0.05, 0.1) is 6.04 Å². The van der Waals surface area contributed by atoms with E-state index in [1.165, 1.54) is 44.3 Å². The summed E-state index contributed by atoms with van der Waals surface area (Å²) in [5.41, 5.74) is 8.46. The number of rotatable bonds is 7. The molecule has 0 aliphatic carbocycles. The molecule has 0 aromatic heterocycles. The Labute approximate surface area is 158 Å². The van der Waals surface area contributed by atoms with Gasteiger partial charge in [-0.05, 0) is 43.0 Å². The van der Waals surface area contributed by atoms with E-state index in [-0.39, 0.29) is 24.2 Å². The first-order chi connectivity index (χ1) is 11.6. The molecule has 5 heteroatoms. The van der Waals surface area contributed by atoms with E-state index in [4.69, 9.17) is 5.73 Å². The lowest BCUT2D eigenvalue weighted by Crippen LogP contribution is -2.44. The van der Waals surface area contributed by atoms with E-state index in [1.807, 2.05) is 6.92 Å². The molecule has 0 bridgehead atoms. The fourth-order valence-electron chi connectivity index (χ4n) is 3.21. The van der Waals surface area contributed by atoms with Crippen LogP contribution in [0.3, 0.4) is 0 Å². The normalized spacial score (nSPS) is 17.9. The van der Waals surface area contributed by atoms with Crippen LogP contribution in [0.1, 0.15) is 57.1 Å². The molecule has 1 aromatic carbocycles. The summed E-state index contributed by atoms with van der Waals surface area (Å²) in [4.78, 5) is 14.7. The lowest BCUT2D eigenvalue weighted by atomic mass is 9.99. The predicted octanol–water partition coefficient (Wildman–Crippen LogP) is 3.47. The number of benzene rings is 1. The van der Waals surface area contributed by atoms with Crippen LogP contribution >= 0.6 is 12.4 Å². The number of nitrogens with two attached hydrogens (primary N) is 1. The molecule has 1 saturated heterocycles. The molecular formula is C20H34ClN3O. The molecule has 1 aliphatic heterocycles. The van der Waals surface area contributed by atoms with Crippen LogP contribution in [-0.2, 0) is 17.9 Å². The molecule has 0 radical (unpaired) electrons. The zero-order valence-corrected chi connectivity index (χ0v) is 16.5. The molecule has 142 valence electrons. The monoisotopic (exact) mass is 367 g/mol. The van der Waals surface area contributed by atoms with Crippen molar-refractivity contribution in [1.82, 2.24) is 10.2 Å². The molecule has 1 amide bonds. The van der Waals surface area contributed by atoms with Crippen LogP contribution in [0.4, 0.5) is 0 Å². The first-order valence-electron chi connectivity index (χ1n) is 9.43. The molecule has 1 heterocycles. The summed E-state index contributed by atoms with van der Waals surface area (Å²) in [5, 5.41) is 2.98. The van der Waals surface area contributed by atoms with Gasteiger partial charge in [0.1, 0.15) is 0 Å². The lowest BCUT2D eigenvalue weighted by Gasteiger charge is -2.20. The maximum atomic E-state index is 12.1. The van der Waals surface area contributed by atoms with E-state index in [0.717, 1.165) is 18.5 Å². The molecule has 1 aliphatic rings. The molecule has 0 spiro atoms. The van der Waals surface area contributed by atoms with E-state index in [9.17, 15) is 4.79 Å². The third-order valence-electron chi connectivity index (χ3n) is 5.12. The average molecular weight is 368 g/mol. The van der Waals surface area contributed by atoms with E-state index >= 15 is 0 Å². The quantitative estimate of drug-likeness (QED) is 0.775. The van der Waals surface area contributed by atoms with Crippen molar-refractivity contribution in [2.24, 2.45) is 11.7 Å². The fraction of sp³-hybridized carbons (Fsp3) is 0.650. The number of hydrogen-bond donors (Lipinski definition) is 2. The third kappa shape index (κ3) is 7.35. The number of carbonyl (C=O) groups is 1. The second-order valence-corrected chi connectivity index (χ2v) is 7.14. The van der Waals surface area contributed by atoms with Crippen molar-refractivity contribution >= 4 is 18.3 Å². The summed E-state index contributed by atoms with van der Waals surface area (Å²) in [6, 6.07) is 8.13. The van der Waals surface area contributed by atoms with Crippen LogP contribution in [-0.4, -0.2) is 29.9 Å². The highest BCUT2D eigenvalue weighted by Crippen LogP contribution is 2.14. The fourth-order valence-corrected chi connectivity index (χ4v) is 3.21. The molecule has 3 N–H and O–H groups in total. The molecule has 1 fully saturated rings. The van der Waals surface area contributed by atoms with Gasteiger partial charge in [-0.15, -0.1) is 12.4 Å². The SMILES string of the molecule is CCC(C)C(N)C(=O)NCc1cccc(CN2CCCCCC2)c1.Cl. The third-order valence-corrected chi connectivity index (χ3v) is 5.12. The molecule has 2 atom stereocenters. The standard InChI is InChI=1S/C20H33N3O.ClH/c1-3-16(2)19(21)20(24)22-14-17-9-8-10-18(13-17)15-23-11-6-4-5-7-12-23;/h8-10,13,16,19H,3-7,11-12,14-15,21H2,1-2H3,(H,22,24);1H. The highest BCUT2D eigenvalue weighted by Gasteiger charge is 2.18. The highest BCUT2D eigenvalue weighted by molar-refractivity contribution is 5.85. The van der Waals surface area contributed by atoms with Gasteiger partial charge in [0.15, 0.2) is 0 Å². The van der Waals surface area contributed by atoms with Crippen molar-refractivity contribution in [1.29, 1.82) is 0 Å². The molecular weight excluding hydrogens is 334 g/mol. The summed E-state index contributed by atoms with van der Waals surface area (Å²) in [7, 11) is 0. The minimum atomic E-state index is -0.421. The number of carbonyl (C=O) groups excluding carboxylic acids is 1. The molecule has 1 aromatic rings. The van der Waals surface area contributed by atoms with Crippen molar-refractivity contribution in [3.63, 3.8) is 0 Å². The van der Waals surface area contributed by atoms with Crippen molar-refractivity contribution in [2.45, 2.75) is 65.1 Å². The van der Waals surface area contributed by atoms with E-state index in [0.29, 0.717) is 6.54 Å². The summed E-state index contributed by atoms with van der Waals surface area (Å²) in [6.45, 7) is 8.04. The maximum Gasteiger partial charge on any atom is 0.237 e. The molecule has 0 saturated carbocycles. The Hall–Kier alpha value is -1.10. The van der Waals surface area contributed by atoms with Gasteiger partial charge in [-0.1, -0.05) is 57.4 Å². The van der Waals surface area contributed by atoms with Crippen molar-refractivity contribution in [3.8, 4) is 0 Å². The largest absolute Gasteiger partial charge is 0.351 e. The van der Waals surface area contributed by atoms with Gasteiger partial charge in [0.25, 0.3) is 0 Å². The second kappa shape index (κ2) is 11.5. The summed E-state index contributed by atoms with van der Waals surface area (Å²) in [5.74, 6) is 0.154. The van der Waals surface area contributed by atoms with Crippen LogP contribution in [0.15, 0.2) is 24.3 Å². The Morgan fingerprint density at radius 3 is 2.48 bits per heavy atom. The number of hydrogen-bond acceptors (Lipinski definition) is 3. The Balaban J connectivity index is 0.00000312. The summed E-state index contributed by atoms with van der Waals surface area (Å²) >= 11 is 0. The van der Waals surface area contributed by atoms with E-state index in [1.54, 1.807) is 0 Å². The number of likely N-dealkylation sites (tertiary alicyclic amines) is 1. The first kappa shape index (κ1) is 21.9. The van der Waals surface area contributed by atoms with Crippen molar-refractivity contribution in [2.75, 3.05) is 13.1 Å². The van der Waals surface area contributed by atoms with Gasteiger partial charge in [0.2, 0.25) is 5.91 Å². The predicted molar refractivity (Wildman–Crippen MR) is 107 cm³/mol. The minimum Gasteiger partial charge on any atom is -0.351 e. The zero-order valence-electron chi connectivity index (χ0n) is 15.7. The lowest BCUT2D eigenvalue weighted by molar-refractivity contribution is -0.123. The number of halogens is 1. The van der Waals surface area contributed by atoms with Gasteiger partial charge in [-0.25, -0.2) is 0 Å². The Bertz CT molecular complexity index is 515.